The fraction of sp³-hybridized carbons (Fsp3) is 0.520. The summed E-state index contributed by atoms with van der Waals surface area (Å²) in [5.41, 5.74) is 3.12. The third kappa shape index (κ3) is 5.63. The number of likely N-dealkylation sites (N-methyl/N-ethyl adjacent to an activating group) is 1. The highest BCUT2D eigenvalue weighted by Crippen LogP contribution is 2.35. The number of piperidine rings is 1. The molecule has 4 rings (SSSR count). The molecule has 1 aromatic carbocycles. The van der Waals surface area contributed by atoms with Crippen LogP contribution in [0, 0.1) is 13.8 Å². The molecule has 1 unspecified atom stereocenters. The number of benzene rings is 1. The van der Waals surface area contributed by atoms with Crippen molar-refractivity contribution in [1.82, 2.24) is 14.2 Å². The molecule has 1 saturated heterocycles. The van der Waals surface area contributed by atoms with Gasteiger partial charge in [-0.3, -0.25) is 9.69 Å². The normalized spacial score (nSPS) is 17.2. The molecule has 1 aliphatic heterocycles. The Kier molecular flexibility index (Phi) is 8.74. The monoisotopic (exact) mass is 568 g/mol. The fourth-order valence-electron chi connectivity index (χ4n) is 4.73. The smallest absolute Gasteiger partial charge is 0.253 e. The number of hydrogen-bond donors (Lipinski definition) is 0. The summed E-state index contributed by atoms with van der Waals surface area (Å²) in [6, 6.07) is 6.49. The van der Waals surface area contributed by atoms with E-state index < -0.39 is 16.1 Å². The zero-order chi connectivity index (χ0) is 26.0. The molecule has 0 saturated carbocycles. The van der Waals surface area contributed by atoms with Crippen LogP contribution in [0.1, 0.15) is 44.2 Å². The molecule has 196 valence electrons. The first kappa shape index (κ1) is 27.5. The number of thiophene rings is 1. The molecule has 1 fully saturated rings. The van der Waals surface area contributed by atoms with Crippen LogP contribution in [0.15, 0.2) is 28.5 Å². The van der Waals surface area contributed by atoms with Gasteiger partial charge in [-0.1, -0.05) is 49.3 Å². The number of amides is 1. The van der Waals surface area contributed by atoms with Crippen molar-refractivity contribution in [3.63, 3.8) is 0 Å². The number of aromatic nitrogens is 1. The molecule has 1 aliphatic rings. The zero-order valence-corrected chi connectivity index (χ0v) is 24.4. The highest BCUT2D eigenvalue weighted by molar-refractivity contribution is 7.91. The van der Waals surface area contributed by atoms with Gasteiger partial charge in [0.15, 0.2) is 5.13 Å². The molecule has 2 aromatic heterocycles. The van der Waals surface area contributed by atoms with Gasteiger partial charge in [0.05, 0.1) is 14.6 Å². The predicted octanol–water partition coefficient (Wildman–Crippen LogP) is 5.55. The van der Waals surface area contributed by atoms with Crippen LogP contribution in [0.4, 0.5) is 5.13 Å². The number of rotatable bonds is 9. The molecule has 1 amide bonds. The Morgan fingerprint density at radius 3 is 2.56 bits per heavy atom. The molecule has 3 aromatic rings. The number of sulfonamides is 1. The maximum atomic E-state index is 14.2. The van der Waals surface area contributed by atoms with Crippen LogP contribution in [0.5, 0.6) is 0 Å². The van der Waals surface area contributed by atoms with Gasteiger partial charge >= 0.3 is 0 Å². The molecule has 0 N–H and O–H groups in total. The van der Waals surface area contributed by atoms with Crippen molar-refractivity contribution < 1.29 is 13.2 Å². The molecule has 7 nitrogen and oxygen atoms in total. The van der Waals surface area contributed by atoms with E-state index >= 15 is 0 Å². The highest BCUT2D eigenvalue weighted by atomic mass is 35.5. The number of anilines is 1. The number of hydrogen-bond acceptors (Lipinski definition) is 7. The summed E-state index contributed by atoms with van der Waals surface area (Å²) in [6.07, 6.45) is 2.01. The second-order valence-corrected chi connectivity index (χ2v) is 13.9. The SMILES string of the molecule is CCN(CC)CCN(C(=O)C1CCCCN1S(=O)(=O)c1ccc(Cl)s1)c1nc2cc(C)cc(C)c2s1. The Bertz CT molecular complexity index is 1330. The summed E-state index contributed by atoms with van der Waals surface area (Å²) in [6.45, 7) is 11.5. The number of thiazole rings is 1. The number of nitrogens with zero attached hydrogens (tertiary/aromatic N) is 4. The average molecular weight is 569 g/mol. The predicted molar refractivity (Wildman–Crippen MR) is 150 cm³/mol. The Balaban J connectivity index is 1.72. The first-order chi connectivity index (χ1) is 17.1. The van der Waals surface area contributed by atoms with Gasteiger partial charge in [0, 0.05) is 19.6 Å². The lowest BCUT2D eigenvalue weighted by Crippen LogP contribution is -2.54. The molecule has 0 bridgehead atoms. The van der Waals surface area contributed by atoms with Gasteiger partial charge in [0.25, 0.3) is 10.0 Å². The maximum absolute atomic E-state index is 14.2. The Morgan fingerprint density at radius 1 is 1.14 bits per heavy atom. The van der Waals surface area contributed by atoms with Crippen molar-refractivity contribution >= 4 is 65.6 Å². The molecule has 0 spiro atoms. The number of carbonyl (C=O) groups is 1. The molecule has 0 radical (unpaired) electrons. The van der Waals surface area contributed by atoms with Crippen LogP contribution in [-0.2, 0) is 14.8 Å². The van der Waals surface area contributed by atoms with Crippen LogP contribution >= 0.6 is 34.3 Å². The Labute approximate surface area is 226 Å². The molecule has 11 heteroatoms. The number of carbonyl (C=O) groups excluding carboxylic acids is 1. The minimum Gasteiger partial charge on any atom is -0.302 e. The van der Waals surface area contributed by atoms with Crippen LogP contribution < -0.4 is 4.90 Å². The minimum absolute atomic E-state index is 0.174. The second kappa shape index (κ2) is 11.4. The first-order valence-corrected chi connectivity index (χ1v) is 15.8. The first-order valence-electron chi connectivity index (χ1n) is 12.3. The Morgan fingerprint density at radius 2 is 1.89 bits per heavy atom. The summed E-state index contributed by atoms with van der Waals surface area (Å²) < 4.78 is 30.1. The number of aryl methyl sites for hydroxylation is 2. The average Bonchev–Trinajstić information content (AvgIpc) is 3.48. The standard InChI is InChI=1S/C25H33ClN4O3S3/c1-5-28(6-2)13-14-29(25-27-19-16-17(3)15-18(4)23(19)35-25)24(31)20-9-7-8-12-30(20)36(32,33)22-11-10-21(26)34-22/h10-11,15-16,20H,5-9,12-14H2,1-4H3. The lowest BCUT2D eigenvalue weighted by Gasteiger charge is -2.36. The van der Waals surface area contributed by atoms with E-state index in [-0.39, 0.29) is 10.1 Å². The van der Waals surface area contributed by atoms with Crippen molar-refractivity contribution in [2.24, 2.45) is 0 Å². The van der Waals surface area contributed by atoms with Gasteiger partial charge in [-0.2, -0.15) is 4.31 Å². The summed E-state index contributed by atoms with van der Waals surface area (Å²) in [4.78, 5) is 23.0. The largest absolute Gasteiger partial charge is 0.302 e. The molecule has 36 heavy (non-hydrogen) atoms. The quantitative estimate of drug-likeness (QED) is 0.338. The van der Waals surface area contributed by atoms with Gasteiger partial charge in [0.1, 0.15) is 10.3 Å². The van der Waals surface area contributed by atoms with Crippen molar-refractivity contribution in [2.75, 3.05) is 37.6 Å². The third-order valence-electron chi connectivity index (χ3n) is 6.69. The van der Waals surface area contributed by atoms with E-state index in [0.717, 1.165) is 58.6 Å². The lowest BCUT2D eigenvalue weighted by molar-refractivity contribution is -0.123. The van der Waals surface area contributed by atoms with E-state index in [9.17, 15) is 13.2 Å². The van der Waals surface area contributed by atoms with Gasteiger partial charge in [0.2, 0.25) is 5.91 Å². The van der Waals surface area contributed by atoms with E-state index in [1.165, 1.54) is 21.7 Å². The molecule has 1 atom stereocenters. The van der Waals surface area contributed by atoms with E-state index in [2.05, 4.69) is 31.7 Å². The second-order valence-electron chi connectivity index (χ2n) is 9.13. The molecule has 0 aliphatic carbocycles. The highest BCUT2D eigenvalue weighted by Gasteiger charge is 2.41. The number of halogens is 1. The van der Waals surface area contributed by atoms with Crippen LogP contribution in [0.25, 0.3) is 10.2 Å². The summed E-state index contributed by atoms with van der Waals surface area (Å²) >= 11 is 8.57. The molecule has 3 heterocycles. The van der Waals surface area contributed by atoms with Gasteiger partial charge in [-0.25, -0.2) is 13.4 Å². The third-order valence-corrected chi connectivity index (χ3v) is 11.5. The molecular weight excluding hydrogens is 536 g/mol. The van der Waals surface area contributed by atoms with Crippen LogP contribution in [-0.4, -0.2) is 67.3 Å². The van der Waals surface area contributed by atoms with Crippen LogP contribution in [0.2, 0.25) is 4.34 Å². The van der Waals surface area contributed by atoms with Crippen LogP contribution in [0.3, 0.4) is 0 Å². The van der Waals surface area contributed by atoms with E-state index in [0.29, 0.717) is 35.5 Å². The van der Waals surface area contributed by atoms with Crippen molar-refractivity contribution in [3.05, 3.63) is 39.7 Å². The lowest BCUT2D eigenvalue weighted by atomic mass is 10.0. The van der Waals surface area contributed by atoms with Crippen molar-refractivity contribution in [2.45, 2.75) is 57.2 Å². The molecular formula is C25H33ClN4O3S3. The fourth-order valence-corrected chi connectivity index (χ4v) is 9.04. The van der Waals surface area contributed by atoms with E-state index in [1.54, 1.807) is 11.0 Å². The van der Waals surface area contributed by atoms with Gasteiger partial charge < -0.3 is 4.90 Å². The number of fused-ring (bicyclic) bond motifs is 1. The van der Waals surface area contributed by atoms with Crippen molar-refractivity contribution in [3.8, 4) is 0 Å². The topological polar surface area (TPSA) is 73.8 Å². The van der Waals surface area contributed by atoms with Gasteiger partial charge in [-0.05, 0) is 69.1 Å². The Hall–Kier alpha value is -1.56. The van der Waals surface area contributed by atoms with Gasteiger partial charge in [-0.15, -0.1) is 11.3 Å². The van der Waals surface area contributed by atoms with Crippen molar-refractivity contribution in [1.29, 1.82) is 0 Å². The summed E-state index contributed by atoms with van der Waals surface area (Å²) in [5.74, 6) is -0.207. The minimum atomic E-state index is -3.84. The zero-order valence-electron chi connectivity index (χ0n) is 21.2. The maximum Gasteiger partial charge on any atom is 0.253 e. The summed E-state index contributed by atoms with van der Waals surface area (Å²) in [5, 5.41) is 0.623. The van der Waals surface area contributed by atoms with E-state index in [4.69, 9.17) is 16.6 Å². The summed E-state index contributed by atoms with van der Waals surface area (Å²) in [7, 11) is -3.84. The van der Waals surface area contributed by atoms with E-state index in [1.807, 2.05) is 13.0 Å².